The third-order valence-electron chi connectivity index (χ3n) is 1.69. The standard InChI is InChI=1S/C7H18N4O3S/c1-3-5-9-15(13,14)11(4-2)6-7(8)10-12/h9,12H,3-6H2,1-2H3,(H2,8,10). The van der Waals surface area contributed by atoms with E-state index in [1.54, 1.807) is 6.92 Å². The molecule has 0 amide bonds. The fourth-order valence-corrected chi connectivity index (χ4v) is 2.19. The Labute approximate surface area is 90.1 Å². The highest BCUT2D eigenvalue weighted by molar-refractivity contribution is 7.87. The highest BCUT2D eigenvalue weighted by Crippen LogP contribution is 1.97. The summed E-state index contributed by atoms with van der Waals surface area (Å²) in [6, 6.07) is 0. The predicted molar refractivity (Wildman–Crippen MR) is 57.9 cm³/mol. The van der Waals surface area contributed by atoms with Crippen molar-refractivity contribution in [3.63, 3.8) is 0 Å². The second-order valence-electron chi connectivity index (χ2n) is 2.92. The molecule has 15 heavy (non-hydrogen) atoms. The number of nitrogens with zero attached hydrogens (tertiary/aromatic N) is 2. The number of oxime groups is 1. The first-order valence-corrected chi connectivity index (χ1v) is 6.13. The molecule has 0 fully saturated rings. The Kier molecular flexibility index (Phi) is 6.21. The molecule has 8 heteroatoms. The second kappa shape index (κ2) is 6.59. The van der Waals surface area contributed by atoms with Gasteiger partial charge >= 0.3 is 0 Å². The number of hydrogen-bond donors (Lipinski definition) is 3. The lowest BCUT2D eigenvalue weighted by Crippen LogP contribution is -2.45. The Morgan fingerprint density at radius 3 is 2.53 bits per heavy atom. The highest BCUT2D eigenvalue weighted by Gasteiger charge is 2.20. The number of hydrogen-bond acceptors (Lipinski definition) is 4. The van der Waals surface area contributed by atoms with Crippen LogP contribution >= 0.6 is 0 Å². The normalized spacial score (nSPS) is 13.4. The van der Waals surface area contributed by atoms with Gasteiger partial charge in [-0.3, -0.25) is 0 Å². The summed E-state index contributed by atoms with van der Waals surface area (Å²) < 4.78 is 26.7. The molecule has 0 unspecified atom stereocenters. The second-order valence-corrected chi connectivity index (χ2v) is 4.67. The van der Waals surface area contributed by atoms with Crippen LogP contribution in [-0.2, 0) is 10.2 Å². The van der Waals surface area contributed by atoms with Gasteiger partial charge in [-0.05, 0) is 6.42 Å². The van der Waals surface area contributed by atoms with Gasteiger partial charge in [0.2, 0.25) is 0 Å². The molecule has 0 radical (unpaired) electrons. The lowest BCUT2D eigenvalue weighted by molar-refractivity contribution is 0.315. The van der Waals surface area contributed by atoms with Gasteiger partial charge in [0.1, 0.15) is 0 Å². The number of amidine groups is 1. The van der Waals surface area contributed by atoms with Crippen molar-refractivity contribution in [2.75, 3.05) is 19.6 Å². The summed E-state index contributed by atoms with van der Waals surface area (Å²) in [5.74, 6) is -0.140. The van der Waals surface area contributed by atoms with Gasteiger partial charge in [0.05, 0.1) is 6.54 Å². The van der Waals surface area contributed by atoms with E-state index in [0.717, 1.165) is 4.31 Å². The summed E-state index contributed by atoms with van der Waals surface area (Å²) in [6.45, 7) is 4.05. The van der Waals surface area contributed by atoms with Gasteiger partial charge in [0.15, 0.2) is 5.84 Å². The van der Waals surface area contributed by atoms with Gasteiger partial charge in [0.25, 0.3) is 10.2 Å². The van der Waals surface area contributed by atoms with Crippen molar-refractivity contribution in [3.05, 3.63) is 0 Å². The van der Waals surface area contributed by atoms with Gasteiger partial charge < -0.3 is 10.9 Å². The minimum Gasteiger partial charge on any atom is -0.409 e. The van der Waals surface area contributed by atoms with E-state index in [1.807, 2.05) is 6.92 Å². The molecule has 0 aliphatic rings. The molecule has 0 aromatic heterocycles. The number of rotatable bonds is 7. The Bertz CT molecular complexity index is 301. The van der Waals surface area contributed by atoms with E-state index in [9.17, 15) is 8.42 Å². The molecule has 90 valence electrons. The van der Waals surface area contributed by atoms with Crippen molar-refractivity contribution in [1.29, 1.82) is 0 Å². The first-order valence-electron chi connectivity index (χ1n) is 4.69. The van der Waals surface area contributed by atoms with Crippen LogP contribution in [0.5, 0.6) is 0 Å². The van der Waals surface area contributed by atoms with Gasteiger partial charge in [-0.25, -0.2) is 4.72 Å². The largest absolute Gasteiger partial charge is 0.409 e. The van der Waals surface area contributed by atoms with Gasteiger partial charge in [0, 0.05) is 13.1 Å². The van der Waals surface area contributed by atoms with E-state index in [1.165, 1.54) is 0 Å². The molecule has 0 aromatic rings. The van der Waals surface area contributed by atoms with Crippen molar-refractivity contribution in [1.82, 2.24) is 9.03 Å². The lowest BCUT2D eigenvalue weighted by Gasteiger charge is -2.19. The molecular weight excluding hydrogens is 220 g/mol. The van der Waals surface area contributed by atoms with Crippen molar-refractivity contribution in [2.45, 2.75) is 20.3 Å². The first kappa shape index (κ1) is 14.1. The van der Waals surface area contributed by atoms with E-state index in [-0.39, 0.29) is 18.9 Å². The topological polar surface area (TPSA) is 108 Å². The van der Waals surface area contributed by atoms with Crippen LogP contribution in [0.25, 0.3) is 0 Å². The summed E-state index contributed by atoms with van der Waals surface area (Å²) in [4.78, 5) is 0. The van der Waals surface area contributed by atoms with Crippen LogP contribution in [0.15, 0.2) is 5.16 Å². The molecule has 0 saturated carbocycles. The molecule has 0 aromatic carbocycles. The fourth-order valence-electron chi connectivity index (χ4n) is 0.901. The maximum Gasteiger partial charge on any atom is 0.279 e. The zero-order valence-corrected chi connectivity index (χ0v) is 9.79. The molecule has 0 atom stereocenters. The maximum absolute atomic E-state index is 11.6. The highest BCUT2D eigenvalue weighted by atomic mass is 32.2. The SMILES string of the molecule is CCCNS(=O)(=O)N(CC)CC(N)=NO. The third kappa shape index (κ3) is 4.96. The molecule has 0 spiro atoms. The van der Waals surface area contributed by atoms with Crippen LogP contribution in [0.4, 0.5) is 0 Å². The molecule has 0 saturated heterocycles. The summed E-state index contributed by atoms with van der Waals surface area (Å²) >= 11 is 0. The monoisotopic (exact) mass is 238 g/mol. The van der Waals surface area contributed by atoms with E-state index < -0.39 is 10.2 Å². The summed E-state index contributed by atoms with van der Waals surface area (Å²) in [5, 5.41) is 11.1. The Morgan fingerprint density at radius 2 is 2.13 bits per heavy atom. The number of likely N-dealkylation sites (N-methyl/N-ethyl adjacent to an activating group) is 1. The van der Waals surface area contributed by atoms with E-state index >= 15 is 0 Å². The molecule has 0 heterocycles. The molecule has 7 nitrogen and oxygen atoms in total. The zero-order chi connectivity index (χ0) is 11.9. The van der Waals surface area contributed by atoms with E-state index in [0.29, 0.717) is 13.0 Å². The van der Waals surface area contributed by atoms with E-state index in [2.05, 4.69) is 9.88 Å². The minimum atomic E-state index is -3.53. The molecule has 0 rings (SSSR count). The number of nitrogens with two attached hydrogens (primary N) is 1. The Morgan fingerprint density at radius 1 is 1.53 bits per heavy atom. The third-order valence-corrected chi connectivity index (χ3v) is 3.33. The molecule has 0 bridgehead atoms. The zero-order valence-electron chi connectivity index (χ0n) is 8.97. The summed E-state index contributed by atoms with van der Waals surface area (Å²) in [7, 11) is -3.53. The van der Waals surface area contributed by atoms with E-state index in [4.69, 9.17) is 10.9 Å². The van der Waals surface area contributed by atoms with Crippen LogP contribution in [0.1, 0.15) is 20.3 Å². The fraction of sp³-hybridized carbons (Fsp3) is 0.857. The molecule has 4 N–H and O–H groups in total. The molecule has 0 aliphatic carbocycles. The van der Waals surface area contributed by atoms with Crippen molar-refractivity contribution in [2.24, 2.45) is 10.9 Å². The average Bonchev–Trinajstić information content (AvgIpc) is 2.22. The number of nitrogens with one attached hydrogen (secondary N) is 1. The van der Waals surface area contributed by atoms with Gasteiger partial charge in [-0.15, -0.1) is 0 Å². The molecule has 0 aliphatic heterocycles. The Balaban J connectivity index is 4.51. The van der Waals surface area contributed by atoms with Crippen LogP contribution in [-0.4, -0.2) is 43.4 Å². The lowest BCUT2D eigenvalue weighted by atomic mass is 10.5. The summed E-state index contributed by atoms with van der Waals surface area (Å²) in [5.41, 5.74) is 5.24. The van der Waals surface area contributed by atoms with Crippen LogP contribution in [0.3, 0.4) is 0 Å². The minimum absolute atomic E-state index is 0.119. The first-order chi connectivity index (χ1) is 6.97. The van der Waals surface area contributed by atoms with Crippen molar-refractivity contribution >= 4 is 16.0 Å². The van der Waals surface area contributed by atoms with Crippen molar-refractivity contribution < 1.29 is 13.6 Å². The summed E-state index contributed by atoms with van der Waals surface area (Å²) in [6.07, 6.45) is 0.709. The van der Waals surface area contributed by atoms with Crippen molar-refractivity contribution in [3.8, 4) is 0 Å². The Hall–Kier alpha value is -0.860. The van der Waals surface area contributed by atoms with Gasteiger partial charge in [-0.1, -0.05) is 19.0 Å². The average molecular weight is 238 g/mol. The van der Waals surface area contributed by atoms with Crippen LogP contribution < -0.4 is 10.5 Å². The molecular formula is C7H18N4O3S. The van der Waals surface area contributed by atoms with Crippen LogP contribution in [0, 0.1) is 0 Å². The predicted octanol–water partition coefficient (Wildman–Crippen LogP) is -0.701. The smallest absolute Gasteiger partial charge is 0.279 e. The van der Waals surface area contributed by atoms with Gasteiger partial charge in [-0.2, -0.15) is 12.7 Å². The quantitative estimate of drug-likeness (QED) is 0.236. The van der Waals surface area contributed by atoms with Crippen LogP contribution in [0.2, 0.25) is 0 Å². The maximum atomic E-state index is 11.6.